The van der Waals surface area contributed by atoms with E-state index in [9.17, 15) is 0 Å². The number of rotatable bonds is 7. The number of alkyl halides is 2. The Balaban J connectivity index is 2.03. The van der Waals surface area contributed by atoms with E-state index in [1.807, 2.05) is 36.4 Å². The molecule has 200 valence electrons. The molecular weight excluding hydrogens is 575 g/mol. The lowest BCUT2D eigenvalue weighted by molar-refractivity contribution is 0.452. The highest BCUT2D eigenvalue weighted by atomic mass is 35.5. The zero-order valence-electron chi connectivity index (χ0n) is 22.3. The van der Waals surface area contributed by atoms with Crippen LogP contribution in [0, 0.1) is 109 Å². The summed E-state index contributed by atoms with van der Waals surface area (Å²) < 4.78 is 16.6. The highest BCUT2D eigenvalue weighted by Gasteiger charge is 2.16. The minimum absolute atomic E-state index is 0.194. The van der Waals surface area contributed by atoms with Gasteiger partial charge in [0, 0.05) is 47.3 Å². The molecular formula is C38H16Cl2O3. The third-order valence-electron chi connectivity index (χ3n) is 5.23. The molecule has 0 saturated carbocycles. The summed E-state index contributed by atoms with van der Waals surface area (Å²) in [6, 6.07) is 16.6. The molecule has 0 aromatic heterocycles. The molecule has 0 fully saturated rings. The minimum atomic E-state index is 0.194. The van der Waals surface area contributed by atoms with Crippen molar-refractivity contribution in [3.05, 3.63) is 65.7 Å². The Morgan fingerprint density at radius 3 is 1.74 bits per heavy atom. The molecule has 0 heterocycles. The zero-order valence-corrected chi connectivity index (χ0v) is 23.8. The molecule has 0 N–H and O–H groups in total. The Hall–Kier alpha value is -6.32. The van der Waals surface area contributed by atoms with E-state index in [4.69, 9.17) is 56.7 Å². The highest BCUT2D eigenvalue weighted by molar-refractivity contribution is 6.18. The van der Waals surface area contributed by atoms with Gasteiger partial charge < -0.3 is 14.2 Å². The van der Waals surface area contributed by atoms with Crippen LogP contribution >= 0.6 is 23.2 Å². The lowest BCUT2D eigenvalue weighted by atomic mass is 9.90. The Kier molecular flexibility index (Phi) is 12.6. The van der Waals surface area contributed by atoms with E-state index in [2.05, 4.69) is 89.4 Å². The molecule has 0 atom stereocenters. The average Bonchev–Trinajstić information content (AvgIpc) is 3.04. The number of terminal acetylenes is 3. The molecule has 0 saturated heterocycles. The zero-order chi connectivity index (χ0) is 30.7. The van der Waals surface area contributed by atoms with Crippen molar-refractivity contribution in [2.45, 2.75) is 11.8 Å². The summed E-state index contributed by atoms with van der Waals surface area (Å²) in [7, 11) is 0. The Bertz CT molecular complexity index is 2050. The lowest BCUT2D eigenvalue weighted by Crippen LogP contribution is -1.97. The molecule has 3 aromatic rings. The van der Waals surface area contributed by atoms with Gasteiger partial charge in [-0.25, -0.2) is 0 Å². The van der Waals surface area contributed by atoms with Gasteiger partial charge >= 0.3 is 0 Å². The molecule has 0 bridgehead atoms. The summed E-state index contributed by atoms with van der Waals surface area (Å²) in [6.07, 6.45) is 22.8. The summed E-state index contributed by atoms with van der Waals surface area (Å²) in [5, 5.41) is 0. The molecule has 3 aromatic carbocycles. The van der Waals surface area contributed by atoms with Crippen LogP contribution in [-0.2, 0) is 11.8 Å². The van der Waals surface area contributed by atoms with Gasteiger partial charge in [0.25, 0.3) is 0 Å². The third kappa shape index (κ3) is 9.38. The maximum absolute atomic E-state index is 6.53. The predicted octanol–water partition coefficient (Wildman–Crippen LogP) is 6.43. The van der Waals surface area contributed by atoms with Crippen molar-refractivity contribution in [3.8, 4) is 148 Å². The van der Waals surface area contributed by atoms with E-state index < -0.39 is 0 Å². The van der Waals surface area contributed by atoms with E-state index >= 15 is 0 Å². The van der Waals surface area contributed by atoms with Crippen LogP contribution in [0.15, 0.2) is 54.6 Å². The van der Waals surface area contributed by atoms with Crippen molar-refractivity contribution < 1.29 is 14.2 Å². The van der Waals surface area contributed by atoms with Gasteiger partial charge in [-0.05, 0) is 105 Å². The van der Waals surface area contributed by atoms with Crippen molar-refractivity contribution in [3.63, 3.8) is 0 Å². The first-order valence-corrected chi connectivity index (χ1v) is 13.1. The molecule has 43 heavy (non-hydrogen) atoms. The van der Waals surface area contributed by atoms with Crippen LogP contribution in [0.25, 0.3) is 22.3 Å². The van der Waals surface area contributed by atoms with Crippen LogP contribution in [0.3, 0.4) is 0 Å². The fraction of sp³-hybridized carbons (Fsp3) is 0.0526. The second-order valence-electron chi connectivity index (χ2n) is 7.80. The van der Waals surface area contributed by atoms with Crippen LogP contribution in [-0.4, -0.2) is 0 Å². The summed E-state index contributed by atoms with van der Waals surface area (Å²) >= 11 is 12.8. The van der Waals surface area contributed by atoms with E-state index in [1.165, 1.54) is 0 Å². The first kappa shape index (κ1) is 31.2. The third-order valence-corrected chi connectivity index (χ3v) is 5.81. The van der Waals surface area contributed by atoms with Crippen molar-refractivity contribution in [1.82, 2.24) is 0 Å². The maximum atomic E-state index is 6.53. The first-order chi connectivity index (χ1) is 21.1. The van der Waals surface area contributed by atoms with Gasteiger partial charge in [0.15, 0.2) is 11.5 Å². The molecule has 3 rings (SSSR count). The van der Waals surface area contributed by atoms with Crippen LogP contribution in [0.5, 0.6) is 17.2 Å². The van der Waals surface area contributed by atoms with E-state index in [0.29, 0.717) is 11.5 Å². The topological polar surface area (TPSA) is 27.7 Å². The largest absolute Gasteiger partial charge is 0.407 e. The smallest absolute Gasteiger partial charge is 0.184 e. The number of hydrogen-bond donors (Lipinski definition) is 0. The monoisotopic (exact) mass is 590 g/mol. The number of halogens is 2. The molecule has 0 aliphatic carbocycles. The maximum Gasteiger partial charge on any atom is 0.184 e. The SMILES string of the molecule is C#CC#CC#CC#CC#COc1cccc(-c2cc(CCl)cc(-c3ccc(OC#CC#C)c(OC#CC#C)c3)c2CCl)c1. The number of benzene rings is 3. The molecule has 0 spiro atoms. The predicted molar refractivity (Wildman–Crippen MR) is 171 cm³/mol. The van der Waals surface area contributed by atoms with Gasteiger partial charge in [-0.3, -0.25) is 0 Å². The first-order valence-electron chi connectivity index (χ1n) is 12.0. The van der Waals surface area contributed by atoms with E-state index in [1.54, 1.807) is 18.2 Å². The molecule has 0 unspecified atom stereocenters. The number of hydrogen-bond acceptors (Lipinski definition) is 3. The van der Waals surface area contributed by atoms with Gasteiger partial charge in [-0.2, -0.15) is 0 Å². The minimum Gasteiger partial charge on any atom is -0.407 e. The van der Waals surface area contributed by atoms with Gasteiger partial charge in [-0.15, -0.1) is 42.5 Å². The quantitative estimate of drug-likeness (QED) is 0.234. The van der Waals surface area contributed by atoms with Gasteiger partial charge in [0.05, 0.1) is 0 Å². The second-order valence-corrected chi connectivity index (χ2v) is 8.33. The van der Waals surface area contributed by atoms with Crippen LogP contribution in [0.2, 0.25) is 0 Å². The lowest BCUT2D eigenvalue weighted by Gasteiger charge is -2.17. The number of ether oxygens (including phenoxy) is 3. The molecule has 5 heteroatoms. The molecule has 0 amide bonds. The Morgan fingerprint density at radius 2 is 1.12 bits per heavy atom. The fourth-order valence-corrected chi connectivity index (χ4v) is 4.00. The van der Waals surface area contributed by atoms with E-state index in [-0.39, 0.29) is 17.5 Å². The van der Waals surface area contributed by atoms with Gasteiger partial charge in [0.1, 0.15) is 24.1 Å². The summed E-state index contributed by atoms with van der Waals surface area (Å²) in [6.45, 7) is 0. The standard InChI is InChI=1S/C38H16Cl2O3/c1-4-7-10-11-12-13-14-15-23-41-33-18-16-17-31(26-33)34-24-30(28-39)25-35(36(34)29-40)32-19-20-37(42-21-8-5-2)38(27-32)43-22-9-6-3/h1-3,16-20,24-27H,28-29H2. The van der Waals surface area contributed by atoms with Crippen LogP contribution in [0.4, 0.5) is 0 Å². The Morgan fingerprint density at radius 1 is 0.535 bits per heavy atom. The van der Waals surface area contributed by atoms with Gasteiger partial charge in [0.2, 0.25) is 0 Å². The van der Waals surface area contributed by atoms with Crippen molar-refractivity contribution in [2.24, 2.45) is 0 Å². The summed E-state index contributed by atoms with van der Waals surface area (Å²) in [5.41, 5.74) is 5.01. The summed E-state index contributed by atoms with van der Waals surface area (Å²) in [5.74, 6) is 30.4. The summed E-state index contributed by atoms with van der Waals surface area (Å²) in [4.78, 5) is 0. The normalized spacial score (nSPS) is 8.16. The van der Waals surface area contributed by atoms with Crippen molar-refractivity contribution in [2.75, 3.05) is 0 Å². The average molecular weight is 591 g/mol. The second kappa shape index (κ2) is 17.4. The van der Waals surface area contributed by atoms with Crippen molar-refractivity contribution >= 4 is 23.2 Å². The molecule has 0 radical (unpaired) electrons. The Labute approximate surface area is 262 Å². The molecule has 3 nitrogen and oxygen atoms in total. The molecule has 0 aliphatic heterocycles. The van der Waals surface area contributed by atoms with Crippen molar-refractivity contribution in [1.29, 1.82) is 0 Å². The van der Waals surface area contributed by atoms with Gasteiger partial charge in [-0.1, -0.05) is 18.2 Å². The van der Waals surface area contributed by atoms with E-state index in [0.717, 1.165) is 33.4 Å². The van der Waals surface area contributed by atoms with Crippen LogP contribution < -0.4 is 14.2 Å². The fourth-order valence-electron chi connectivity index (χ4n) is 3.56. The highest BCUT2D eigenvalue weighted by Crippen LogP contribution is 2.39. The molecule has 0 aliphatic rings. The van der Waals surface area contributed by atoms with Crippen LogP contribution in [0.1, 0.15) is 11.1 Å².